The number of nitrogens with one attached hydrogen (secondary N) is 1. The summed E-state index contributed by atoms with van der Waals surface area (Å²) >= 11 is 0. The fraction of sp³-hybridized carbons (Fsp3) is 0.133. The Morgan fingerprint density at radius 2 is 1.94 bits per heavy atom. The van der Waals surface area contributed by atoms with E-state index in [0.29, 0.717) is 17.7 Å². The Kier molecular flexibility index (Phi) is 2.52. The maximum atomic E-state index is 12.2. The number of carbonyl (C=O) groups excluding carboxylic acids is 1. The van der Waals surface area contributed by atoms with Gasteiger partial charge in [-0.15, -0.1) is 0 Å². The number of benzene rings is 2. The lowest BCUT2D eigenvalue weighted by atomic mass is 10.0. The Hall–Kier alpha value is -2.29. The zero-order chi connectivity index (χ0) is 12.5. The lowest BCUT2D eigenvalue weighted by Crippen LogP contribution is -2.02. The molecule has 2 aromatic carbocycles. The van der Waals surface area contributed by atoms with Gasteiger partial charge in [-0.25, -0.2) is 0 Å². The van der Waals surface area contributed by atoms with Crippen LogP contribution in [0.2, 0.25) is 0 Å². The number of rotatable bonds is 1. The fourth-order valence-corrected chi connectivity index (χ4v) is 2.20. The predicted octanol–water partition coefficient (Wildman–Crippen LogP) is 3.18. The van der Waals surface area contributed by atoms with Gasteiger partial charge < -0.3 is 10.1 Å². The molecular weight excluding hydrogens is 226 g/mol. The van der Waals surface area contributed by atoms with Crippen molar-refractivity contribution in [3.05, 3.63) is 53.6 Å². The van der Waals surface area contributed by atoms with E-state index in [1.165, 1.54) is 0 Å². The van der Waals surface area contributed by atoms with E-state index in [-0.39, 0.29) is 5.78 Å². The lowest BCUT2D eigenvalue weighted by molar-refractivity contribution is 0.0994. The second-order valence-corrected chi connectivity index (χ2v) is 4.29. The molecule has 0 atom stereocenters. The van der Waals surface area contributed by atoms with Gasteiger partial charge in [-0.2, -0.15) is 0 Å². The van der Waals surface area contributed by atoms with Gasteiger partial charge in [0, 0.05) is 23.4 Å². The largest absolute Gasteiger partial charge is 0.497 e. The molecule has 0 saturated carbocycles. The summed E-state index contributed by atoms with van der Waals surface area (Å²) in [5.74, 6) is 0.816. The highest BCUT2D eigenvalue weighted by Gasteiger charge is 2.19. The Bertz CT molecular complexity index is 620. The van der Waals surface area contributed by atoms with Crippen molar-refractivity contribution < 1.29 is 9.53 Å². The van der Waals surface area contributed by atoms with Crippen LogP contribution in [-0.4, -0.2) is 12.9 Å². The zero-order valence-electron chi connectivity index (χ0n) is 10.1. The quantitative estimate of drug-likeness (QED) is 0.830. The Morgan fingerprint density at radius 1 is 1.11 bits per heavy atom. The molecule has 0 saturated heterocycles. The van der Waals surface area contributed by atoms with Crippen LogP contribution in [0, 0.1) is 0 Å². The average Bonchev–Trinajstić information content (AvgIpc) is 2.54. The standard InChI is InChI=1S/C15H13NO2/c1-18-11-6-7-14-12(9-11)15(17)8-10-4-2-3-5-13(10)16-14/h2-7,9,16H,8H2,1H3. The SMILES string of the molecule is COc1ccc2c(c1)C(=O)Cc1ccccc1N2. The van der Waals surface area contributed by atoms with Crippen molar-refractivity contribution in [3.63, 3.8) is 0 Å². The number of ether oxygens (including phenoxy) is 1. The maximum Gasteiger partial charge on any atom is 0.169 e. The summed E-state index contributed by atoms with van der Waals surface area (Å²) in [6, 6.07) is 13.4. The van der Waals surface area contributed by atoms with E-state index in [0.717, 1.165) is 16.9 Å². The predicted molar refractivity (Wildman–Crippen MR) is 70.8 cm³/mol. The van der Waals surface area contributed by atoms with Gasteiger partial charge in [-0.05, 0) is 29.8 Å². The van der Waals surface area contributed by atoms with Crippen LogP contribution in [0.25, 0.3) is 0 Å². The molecule has 3 rings (SSSR count). The van der Waals surface area contributed by atoms with E-state index < -0.39 is 0 Å². The first-order chi connectivity index (χ1) is 8.78. The molecule has 3 nitrogen and oxygen atoms in total. The molecule has 0 aromatic heterocycles. The number of fused-ring (bicyclic) bond motifs is 2. The minimum absolute atomic E-state index is 0.112. The molecule has 1 aliphatic rings. The summed E-state index contributed by atoms with van der Waals surface area (Å²) in [5.41, 5.74) is 3.55. The number of hydrogen-bond acceptors (Lipinski definition) is 3. The molecule has 1 heterocycles. The smallest absolute Gasteiger partial charge is 0.169 e. The lowest BCUT2D eigenvalue weighted by Gasteiger charge is -2.09. The van der Waals surface area contributed by atoms with Crippen LogP contribution in [0.4, 0.5) is 11.4 Å². The van der Waals surface area contributed by atoms with Gasteiger partial charge >= 0.3 is 0 Å². The van der Waals surface area contributed by atoms with E-state index >= 15 is 0 Å². The fourth-order valence-electron chi connectivity index (χ4n) is 2.20. The normalized spacial score (nSPS) is 13.1. The number of Topliss-reactive ketones (excluding diaryl/α,β-unsaturated/α-hetero) is 1. The summed E-state index contributed by atoms with van der Waals surface area (Å²) in [7, 11) is 1.60. The highest BCUT2D eigenvalue weighted by molar-refractivity contribution is 6.05. The summed E-state index contributed by atoms with van der Waals surface area (Å²) in [4.78, 5) is 12.2. The topological polar surface area (TPSA) is 38.3 Å². The Labute approximate surface area is 105 Å². The van der Waals surface area contributed by atoms with Crippen molar-refractivity contribution in [3.8, 4) is 5.75 Å². The van der Waals surface area contributed by atoms with Crippen molar-refractivity contribution in [2.45, 2.75) is 6.42 Å². The molecule has 3 heteroatoms. The van der Waals surface area contributed by atoms with Gasteiger partial charge in [0.25, 0.3) is 0 Å². The first-order valence-corrected chi connectivity index (χ1v) is 5.84. The zero-order valence-corrected chi connectivity index (χ0v) is 10.1. The number of carbonyl (C=O) groups is 1. The molecule has 1 aliphatic heterocycles. The molecule has 0 radical (unpaired) electrons. The van der Waals surface area contributed by atoms with Crippen LogP contribution in [-0.2, 0) is 6.42 Å². The number of hydrogen-bond donors (Lipinski definition) is 1. The summed E-state index contributed by atoms with van der Waals surface area (Å²) in [6.07, 6.45) is 0.420. The van der Waals surface area contributed by atoms with Crippen molar-refractivity contribution in [2.75, 3.05) is 12.4 Å². The van der Waals surface area contributed by atoms with Gasteiger partial charge in [0.05, 0.1) is 7.11 Å². The third-order valence-electron chi connectivity index (χ3n) is 3.16. The number of para-hydroxylation sites is 1. The van der Waals surface area contributed by atoms with Crippen molar-refractivity contribution in [2.24, 2.45) is 0 Å². The highest BCUT2D eigenvalue weighted by atomic mass is 16.5. The van der Waals surface area contributed by atoms with Crippen LogP contribution in [0.15, 0.2) is 42.5 Å². The Balaban J connectivity index is 2.13. The van der Waals surface area contributed by atoms with E-state index in [2.05, 4.69) is 5.32 Å². The van der Waals surface area contributed by atoms with Gasteiger partial charge in [-0.1, -0.05) is 18.2 Å². The molecule has 0 aliphatic carbocycles. The van der Waals surface area contributed by atoms with Crippen molar-refractivity contribution in [1.82, 2.24) is 0 Å². The molecule has 0 spiro atoms. The van der Waals surface area contributed by atoms with Crippen LogP contribution in [0.1, 0.15) is 15.9 Å². The van der Waals surface area contributed by atoms with Crippen LogP contribution in [0.3, 0.4) is 0 Å². The minimum atomic E-state index is 0.112. The third kappa shape index (κ3) is 1.74. The van der Waals surface area contributed by atoms with Gasteiger partial charge in [-0.3, -0.25) is 4.79 Å². The van der Waals surface area contributed by atoms with Crippen molar-refractivity contribution in [1.29, 1.82) is 0 Å². The molecule has 0 fully saturated rings. The first-order valence-electron chi connectivity index (χ1n) is 5.84. The number of anilines is 2. The van der Waals surface area contributed by atoms with Crippen LogP contribution >= 0.6 is 0 Å². The second kappa shape index (κ2) is 4.18. The number of methoxy groups -OCH3 is 1. The van der Waals surface area contributed by atoms with Crippen molar-refractivity contribution >= 4 is 17.2 Å². The van der Waals surface area contributed by atoms with E-state index in [1.54, 1.807) is 13.2 Å². The molecule has 1 N–H and O–H groups in total. The summed E-state index contributed by atoms with van der Waals surface area (Å²) < 4.78 is 5.17. The van der Waals surface area contributed by atoms with E-state index in [9.17, 15) is 4.79 Å². The average molecular weight is 239 g/mol. The summed E-state index contributed by atoms with van der Waals surface area (Å²) in [6.45, 7) is 0. The molecule has 0 amide bonds. The maximum absolute atomic E-state index is 12.2. The number of ketones is 1. The van der Waals surface area contributed by atoms with E-state index in [1.807, 2.05) is 36.4 Å². The van der Waals surface area contributed by atoms with Gasteiger partial charge in [0.1, 0.15) is 5.75 Å². The first kappa shape index (κ1) is 10.8. The molecule has 0 bridgehead atoms. The minimum Gasteiger partial charge on any atom is -0.497 e. The second-order valence-electron chi connectivity index (χ2n) is 4.29. The molecule has 18 heavy (non-hydrogen) atoms. The Morgan fingerprint density at radius 3 is 2.78 bits per heavy atom. The molecular formula is C15H13NO2. The third-order valence-corrected chi connectivity index (χ3v) is 3.16. The van der Waals surface area contributed by atoms with Gasteiger partial charge in [0.2, 0.25) is 0 Å². The highest BCUT2D eigenvalue weighted by Crippen LogP contribution is 2.31. The molecule has 90 valence electrons. The summed E-state index contributed by atoms with van der Waals surface area (Å²) in [5, 5.41) is 3.31. The monoisotopic (exact) mass is 239 g/mol. The van der Waals surface area contributed by atoms with Crippen LogP contribution in [0.5, 0.6) is 5.75 Å². The van der Waals surface area contributed by atoms with E-state index in [4.69, 9.17) is 4.74 Å². The van der Waals surface area contributed by atoms with Crippen LogP contribution < -0.4 is 10.1 Å². The molecule has 2 aromatic rings. The van der Waals surface area contributed by atoms with Gasteiger partial charge in [0.15, 0.2) is 5.78 Å². The molecule has 0 unspecified atom stereocenters.